The first-order chi connectivity index (χ1) is 19.1. The van der Waals surface area contributed by atoms with E-state index in [1.807, 2.05) is 24.3 Å². The number of carbonyl (C=O) groups is 2. The van der Waals surface area contributed by atoms with E-state index in [4.69, 9.17) is 0 Å². The third-order valence-corrected chi connectivity index (χ3v) is 9.37. The van der Waals surface area contributed by atoms with Gasteiger partial charge in [-0.3, -0.25) is 13.9 Å². The molecule has 2 amide bonds. The third-order valence-electron chi connectivity index (χ3n) is 7.09. The van der Waals surface area contributed by atoms with Crippen LogP contribution in [-0.4, -0.2) is 43.8 Å². The van der Waals surface area contributed by atoms with Crippen LogP contribution in [-0.2, 0) is 26.2 Å². The number of carbonyl (C=O) groups excluding carboxylic acids is 2. The fourth-order valence-corrected chi connectivity index (χ4v) is 6.70. The first-order valence-electron chi connectivity index (χ1n) is 13.3. The topological polar surface area (TPSA) is 86.8 Å². The van der Waals surface area contributed by atoms with Crippen molar-refractivity contribution in [2.75, 3.05) is 10.8 Å². The van der Waals surface area contributed by atoms with Gasteiger partial charge in [0, 0.05) is 17.1 Å². The van der Waals surface area contributed by atoms with Crippen LogP contribution in [0.15, 0.2) is 88.2 Å². The molecule has 1 N–H and O–H groups in total. The van der Waals surface area contributed by atoms with Gasteiger partial charge in [-0.15, -0.1) is 0 Å². The lowest BCUT2D eigenvalue weighted by atomic mass is 9.95. The number of para-hydroxylation sites is 1. The summed E-state index contributed by atoms with van der Waals surface area (Å²) in [5.74, 6) is -1.39. The molecule has 4 rings (SSSR count). The molecule has 212 valence electrons. The Hall–Kier alpha value is -3.24. The Morgan fingerprint density at radius 2 is 1.65 bits per heavy atom. The maximum Gasteiger partial charge on any atom is 0.264 e. The number of sulfonamides is 1. The van der Waals surface area contributed by atoms with Gasteiger partial charge in [-0.25, -0.2) is 12.8 Å². The molecule has 0 heterocycles. The summed E-state index contributed by atoms with van der Waals surface area (Å²) in [5.41, 5.74) is 1.06. The molecule has 0 spiro atoms. The maximum atomic E-state index is 14.0. The van der Waals surface area contributed by atoms with Crippen LogP contribution >= 0.6 is 15.9 Å². The largest absolute Gasteiger partial charge is 0.352 e. The van der Waals surface area contributed by atoms with Crippen LogP contribution < -0.4 is 9.62 Å². The van der Waals surface area contributed by atoms with Crippen molar-refractivity contribution >= 4 is 43.5 Å². The standard InChI is InChI=1S/C30H33BrFN3O4S/c1-22(30(37)33-26-11-4-2-5-12-26)34(20-23-9-8-10-24(31)19-23)29(36)21-35(27-13-6-3-7-14-27)40(38,39)28-17-15-25(32)16-18-28/h3,6-10,13-19,22,26H,2,4-5,11-12,20-21H2,1H3,(H,33,37)/t22-/m1/s1. The predicted molar refractivity (Wildman–Crippen MR) is 157 cm³/mol. The molecule has 7 nitrogen and oxygen atoms in total. The van der Waals surface area contributed by atoms with Crippen molar-refractivity contribution in [3.05, 3.63) is 94.7 Å². The Kier molecular flexibility index (Phi) is 9.97. The van der Waals surface area contributed by atoms with Crippen molar-refractivity contribution in [3.63, 3.8) is 0 Å². The molecular weight excluding hydrogens is 597 g/mol. The Morgan fingerprint density at radius 1 is 0.975 bits per heavy atom. The van der Waals surface area contributed by atoms with Gasteiger partial charge in [-0.1, -0.05) is 65.5 Å². The van der Waals surface area contributed by atoms with Crippen LogP contribution in [0.1, 0.15) is 44.6 Å². The molecule has 0 radical (unpaired) electrons. The SMILES string of the molecule is C[C@H](C(=O)NC1CCCCC1)N(Cc1cccc(Br)c1)C(=O)CN(c1ccccc1)S(=O)(=O)c1ccc(F)cc1. The van der Waals surface area contributed by atoms with E-state index < -0.39 is 34.3 Å². The lowest BCUT2D eigenvalue weighted by Gasteiger charge is -2.33. The van der Waals surface area contributed by atoms with Crippen molar-refractivity contribution < 1.29 is 22.4 Å². The minimum absolute atomic E-state index is 0.0613. The lowest BCUT2D eigenvalue weighted by molar-refractivity contribution is -0.139. The number of anilines is 1. The van der Waals surface area contributed by atoms with E-state index in [2.05, 4.69) is 21.2 Å². The first kappa shape index (κ1) is 29.7. The highest BCUT2D eigenvalue weighted by atomic mass is 79.9. The molecule has 0 aromatic heterocycles. The van der Waals surface area contributed by atoms with Gasteiger partial charge in [-0.2, -0.15) is 0 Å². The van der Waals surface area contributed by atoms with Gasteiger partial charge in [0.1, 0.15) is 18.4 Å². The number of benzene rings is 3. The molecule has 40 heavy (non-hydrogen) atoms. The molecule has 1 aliphatic carbocycles. The average molecular weight is 631 g/mol. The van der Waals surface area contributed by atoms with Crippen molar-refractivity contribution in [2.45, 2.75) is 62.6 Å². The first-order valence-corrected chi connectivity index (χ1v) is 15.6. The molecule has 1 aliphatic rings. The van der Waals surface area contributed by atoms with E-state index in [-0.39, 0.29) is 29.1 Å². The molecule has 0 bridgehead atoms. The number of nitrogens with one attached hydrogen (secondary N) is 1. The molecule has 3 aromatic rings. The monoisotopic (exact) mass is 629 g/mol. The third kappa shape index (κ3) is 7.48. The van der Waals surface area contributed by atoms with Crippen LogP contribution in [0, 0.1) is 5.82 Å². The van der Waals surface area contributed by atoms with Crippen molar-refractivity contribution in [2.24, 2.45) is 0 Å². The van der Waals surface area contributed by atoms with Crippen LogP contribution in [0.3, 0.4) is 0 Å². The summed E-state index contributed by atoms with van der Waals surface area (Å²) < 4.78 is 42.8. The van der Waals surface area contributed by atoms with E-state index in [0.717, 1.165) is 58.6 Å². The van der Waals surface area contributed by atoms with Crippen LogP contribution in [0.5, 0.6) is 0 Å². The molecular formula is C30H33BrFN3O4S. The smallest absolute Gasteiger partial charge is 0.264 e. The van der Waals surface area contributed by atoms with Crippen LogP contribution in [0.2, 0.25) is 0 Å². The fourth-order valence-electron chi connectivity index (χ4n) is 4.84. The Labute approximate surface area is 243 Å². The Balaban J connectivity index is 1.65. The van der Waals surface area contributed by atoms with E-state index in [9.17, 15) is 22.4 Å². The second-order valence-electron chi connectivity index (χ2n) is 9.97. The van der Waals surface area contributed by atoms with Gasteiger partial charge in [0.25, 0.3) is 10.0 Å². The van der Waals surface area contributed by atoms with Crippen molar-refractivity contribution in [1.82, 2.24) is 10.2 Å². The summed E-state index contributed by atoms with van der Waals surface area (Å²) in [6, 6.07) is 19.4. The fraction of sp³-hybridized carbons (Fsp3) is 0.333. The molecule has 0 saturated heterocycles. The van der Waals surface area contributed by atoms with E-state index in [0.29, 0.717) is 0 Å². The minimum Gasteiger partial charge on any atom is -0.352 e. The highest BCUT2D eigenvalue weighted by molar-refractivity contribution is 9.10. The molecule has 0 unspecified atom stereocenters. The van der Waals surface area contributed by atoms with Gasteiger partial charge in [0.15, 0.2) is 0 Å². The van der Waals surface area contributed by atoms with Gasteiger partial charge >= 0.3 is 0 Å². The summed E-state index contributed by atoms with van der Waals surface area (Å²) in [6.07, 6.45) is 5.04. The normalized spacial score (nSPS) is 14.8. The summed E-state index contributed by atoms with van der Waals surface area (Å²) in [5, 5.41) is 3.09. The van der Waals surface area contributed by atoms with E-state index in [1.54, 1.807) is 37.3 Å². The summed E-state index contributed by atoms with van der Waals surface area (Å²) in [7, 11) is -4.24. The quantitative estimate of drug-likeness (QED) is 0.314. The zero-order valence-corrected chi connectivity index (χ0v) is 24.7. The second kappa shape index (κ2) is 13.4. The highest BCUT2D eigenvalue weighted by Crippen LogP contribution is 2.25. The molecule has 0 aliphatic heterocycles. The van der Waals surface area contributed by atoms with Crippen LogP contribution in [0.4, 0.5) is 10.1 Å². The zero-order valence-electron chi connectivity index (χ0n) is 22.3. The summed E-state index contributed by atoms with van der Waals surface area (Å²) in [4.78, 5) is 28.6. The highest BCUT2D eigenvalue weighted by Gasteiger charge is 2.33. The van der Waals surface area contributed by atoms with Crippen molar-refractivity contribution in [1.29, 1.82) is 0 Å². The Morgan fingerprint density at radius 3 is 2.30 bits per heavy atom. The van der Waals surface area contributed by atoms with E-state index in [1.165, 1.54) is 17.0 Å². The molecule has 1 fully saturated rings. The van der Waals surface area contributed by atoms with Crippen LogP contribution in [0.25, 0.3) is 0 Å². The van der Waals surface area contributed by atoms with Crippen molar-refractivity contribution in [3.8, 4) is 0 Å². The van der Waals surface area contributed by atoms with Gasteiger partial charge in [0.05, 0.1) is 10.6 Å². The number of nitrogens with zero attached hydrogens (tertiary/aromatic N) is 2. The Bertz CT molecular complexity index is 1410. The van der Waals surface area contributed by atoms with Gasteiger partial charge in [-0.05, 0) is 73.9 Å². The van der Waals surface area contributed by atoms with E-state index >= 15 is 0 Å². The molecule has 1 atom stereocenters. The zero-order chi connectivity index (χ0) is 28.7. The second-order valence-corrected chi connectivity index (χ2v) is 12.8. The lowest BCUT2D eigenvalue weighted by Crippen LogP contribution is -2.53. The molecule has 10 heteroatoms. The summed E-state index contributed by atoms with van der Waals surface area (Å²) >= 11 is 3.45. The maximum absolute atomic E-state index is 14.0. The number of halogens is 2. The summed E-state index contributed by atoms with van der Waals surface area (Å²) in [6.45, 7) is 1.23. The minimum atomic E-state index is -4.24. The number of hydrogen-bond acceptors (Lipinski definition) is 4. The molecule has 3 aromatic carbocycles. The number of amides is 2. The number of hydrogen-bond donors (Lipinski definition) is 1. The van der Waals surface area contributed by atoms with Gasteiger partial charge < -0.3 is 10.2 Å². The average Bonchev–Trinajstić information content (AvgIpc) is 2.95. The molecule has 1 saturated carbocycles. The van der Waals surface area contributed by atoms with Gasteiger partial charge in [0.2, 0.25) is 11.8 Å². The predicted octanol–water partition coefficient (Wildman–Crippen LogP) is 5.65. The number of rotatable bonds is 10.